The molecule has 18 heavy (non-hydrogen) atoms. The fourth-order valence-electron chi connectivity index (χ4n) is 1.96. The highest BCUT2D eigenvalue weighted by atomic mass is 79.9. The third-order valence-electron chi connectivity index (χ3n) is 2.82. The highest BCUT2D eigenvalue weighted by molar-refractivity contribution is 9.11. The molecule has 0 fully saturated rings. The van der Waals surface area contributed by atoms with Gasteiger partial charge in [0.1, 0.15) is 0 Å². The summed E-state index contributed by atoms with van der Waals surface area (Å²) < 4.78 is 3.96. The van der Waals surface area contributed by atoms with Crippen LogP contribution < -0.4 is 5.32 Å². The molecule has 2 aromatic rings. The van der Waals surface area contributed by atoms with E-state index in [1.807, 2.05) is 30.8 Å². The molecule has 0 radical (unpaired) electrons. The third-order valence-corrected chi connectivity index (χ3v) is 4.00. The largest absolute Gasteiger partial charge is 0.377 e. The van der Waals surface area contributed by atoms with Gasteiger partial charge in [-0.05, 0) is 48.0 Å². The van der Waals surface area contributed by atoms with E-state index in [1.165, 1.54) is 5.56 Å². The van der Waals surface area contributed by atoms with Gasteiger partial charge in [-0.25, -0.2) is 0 Å². The second kappa shape index (κ2) is 5.45. The van der Waals surface area contributed by atoms with E-state index >= 15 is 0 Å². The van der Waals surface area contributed by atoms with Crippen LogP contribution in [0.2, 0.25) is 0 Å². The average Bonchev–Trinajstić information content (AvgIpc) is 2.63. The van der Waals surface area contributed by atoms with E-state index < -0.39 is 0 Å². The maximum Gasteiger partial charge on any atom is 0.0646 e. The first-order chi connectivity index (χ1) is 8.47. The number of halogens is 2. The Bertz CT molecular complexity index is 563. The Hall–Kier alpha value is -0.810. The monoisotopic (exact) mass is 371 g/mol. The van der Waals surface area contributed by atoms with Crippen molar-refractivity contribution in [3.63, 3.8) is 0 Å². The molecule has 1 aromatic heterocycles. The van der Waals surface area contributed by atoms with Gasteiger partial charge in [-0.3, -0.25) is 4.68 Å². The predicted octanol–water partition coefficient (Wildman–Crippen LogP) is 4.43. The number of hydrogen-bond acceptors (Lipinski definition) is 2. The average molecular weight is 373 g/mol. The van der Waals surface area contributed by atoms with Gasteiger partial charge < -0.3 is 5.32 Å². The number of nitrogens with zero attached hydrogens (tertiary/aromatic N) is 2. The standard InChI is InChI=1S/C13H15Br2N3/c1-8(11-7-18(3)17-9(11)2)16-13-6-10(14)4-5-12(13)15/h4-8,16H,1-3H3. The van der Waals surface area contributed by atoms with E-state index in [9.17, 15) is 0 Å². The number of nitrogens with one attached hydrogen (secondary N) is 1. The summed E-state index contributed by atoms with van der Waals surface area (Å²) in [6, 6.07) is 6.31. The van der Waals surface area contributed by atoms with Gasteiger partial charge >= 0.3 is 0 Å². The van der Waals surface area contributed by atoms with Crippen molar-refractivity contribution in [2.24, 2.45) is 7.05 Å². The highest BCUT2D eigenvalue weighted by Gasteiger charge is 2.12. The van der Waals surface area contributed by atoms with Gasteiger partial charge in [-0.15, -0.1) is 0 Å². The lowest BCUT2D eigenvalue weighted by Gasteiger charge is -2.16. The molecule has 0 saturated carbocycles. The second-order valence-electron chi connectivity index (χ2n) is 4.33. The van der Waals surface area contributed by atoms with Gasteiger partial charge in [0.15, 0.2) is 0 Å². The summed E-state index contributed by atoms with van der Waals surface area (Å²) in [5, 5.41) is 7.86. The normalized spacial score (nSPS) is 12.5. The van der Waals surface area contributed by atoms with E-state index in [1.54, 1.807) is 0 Å². The van der Waals surface area contributed by atoms with E-state index in [4.69, 9.17) is 0 Å². The van der Waals surface area contributed by atoms with Gasteiger partial charge in [0.05, 0.1) is 17.4 Å². The molecule has 1 atom stereocenters. The van der Waals surface area contributed by atoms with E-state index in [0.29, 0.717) is 0 Å². The molecule has 0 saturated heterocycles. The van der Waals surface area contributed by atoms with Gasteiger partial charge in [0, 0.05) is 27.8 Å². The molecule has 1 N–H and O–H groups in total. The van der Waals surface area contributed by atoms with E-state index in [2.05, 4.69) is 61.5 Å². The molecule has 96 valence electrons. The molecule has 1 aromatic carbocycles. The molecule has 3 nitrogen and oxygen atoms in total. The van der Waals surface area contributed by atoms with Crippen molar-refractivity contribution in [3.05, 3.63) is 44.6 Å². The molecule has 0 amide bonds. The Kier molecular flexibility index (Phi) is 4.12. The summed E-state index contributed by atoms with van der Waals surface area (Å²) >= 11 is 7.03. The summed E-state index contributed by atoms with van der Waals surface area (Å²) in [4.78, 5) is 0. The number of aryl methyl sites for hydroxylation is 2. The molecule has 2 rings (SSSR count). The summed E-state index contributed by atoms with van der Waals surface area (Å²) in [6.45, 7) is 4.17. The predicted molar refractivity (Wildman–Crippen MR) is 81.8 cm³/mol. The zero-order chi connectivity index (χ0) is 13.3. The minimum Gasteiger partial charge on any atom is -0.377 e. The van der Waals surface area contributed by atoms with Gasteiger partial charge in [0.2, 0.25) is 0 Å². The lowest BCUT2D eigenvalue weighted by molar-refractivity contribution is 0.756. The Labute approximate surface area is 124 Å². The zero-order valence-electron chi connectivity index (χ0n) is 10.5. The van der Waals surface area contributed by atoms with Crippen LogP contribution >= 0.6 is 31.9 Å². The quantitative estimate of drug-likeness (QED) is 0.863. The van der Waals surface area contributed by atoms with E-state index in [0.717, 1.165) is 20.3 Å². The summed E-state index contributed by atoms with van der Waals surface area (Å²) in [6.07, 6.45) is 2.05. The summed E-state index contributed by atoms with van der Waals surface area (Å²) in [5.74, 6) is 0. The SMILES string of the molecule is Cc1nn(C)cc1C(C)Nc1cc(Br)ccc1Br. The molecule has 0 aliphatic heterocycles. The van der Waals surface area contributed by atoms with Crippen LogP contribution in [0.1, 0.15) is 24.2 Å². The molecule has 5 heteroatoms. The van der Waals surface area contributed by atoms with Gasteiger partial charge in [-0.1, -0.05) is 15.9 Å². The Morgan fingerprint density at radius 2 is 2.06 bits per heavy atom. The van der Waals surface area contributed by atoms with Crippen LogP contribution in [0.3, 0.4) is 0 Å². The van der Waals surface area contributed by atoms with Crippen molar-refractivity contribution >= 4 is 37.5 Å². The van der Waals surface area contributed by atoms with Crippen LogP contribution in [0.5, 0.6) is 0 Å². The van der Waals surface area contributed by atoms with Crippen LogP contribution in [0, 0.1) is 6.92 Å². The highest BCUT2D eigenvalue weighted by Crippen LogP contribution is 2.30. The van der Waals surface area contributed by atoms with Crippen molar-refractivity contribution in [2.75, 3.05) is 5.32 Å². The number of rotatable bonds is 3. The fraction of sp³-hybridized carbons (Fsp3) is 0.308. The van der Waals surface area contributed by atoms with Crippen molar-refractivity contribution in [1.29, 1.82) is 0 Å². The van der Waals surface area contributed by atoms with Crippen LogP contribution in [-0.4, -0.2) is 9.78 Å². The number of hydrogen-bond donors (Lipinski definition) is 1. The Balaban J connectivity index is 2.23. The molecule has 0 aliphatic carbocycles. The Morgan fingerprint density at radius 3 is 2.67 bits per heavy atom. The third kappa shape index (κ3) is 2.95. The van der Waals surface area contributed by atoms with Crippen LogP contribution in [0.4, 0.5) is 5.69 Å². The minimum absolute atomic E-state index is 0.212. The molecule has 0 spiro atoms. The van der Waals surface area contributed by atoms with Gasteiger partial charge in [-0.2, -0.15) is 5.10 Å². The molecule has 0 bridgehead atoms. The molecule has 1 heterocycles. The van der Waals surface area contributed by atoms with Crippen LogP contribution in [0.25, 0.3) is 0 Å². The smallest absolute Gasteiger partial charge is 0.0646 e. The summed E-state index contributed by atoms with van der Waals surface area (Å²) in [5.41, 5.74) is 3.34. The molecule has 1 unspecified atom stereocenters. The van der Waals surface area contributed by atoms with E-state index in [-0.39, 0.29) is 6.04 Å². The van der Waals surface area contributed by atoms with Crippen molar-refractivity contribution in [2.45, 2.75) is 19.9 Å². The molecular weight excluding hydrogens is 358 g/mol. The maximum absolute atomic E-state index is 4.37. The lowest BCUT2D eigenvalue weighted by Crippen LogP contribution is -2.07. The first-order valence-electron chi connectivity index (χ1n) is 5.69. The fourth-order valence-corrected chi connectivity index (χ4v) is 2.68. The second-order valence-corrected chi connectivity index (χ2v) is 6.10. The summed E-state index contributed by atoms with van der Waals surface area (Å²) in [7, 11) is 1.94. The first-order valence-corrected chi connectivity index (χ1v) is 7.27. The Morgan fingerprint density at radius 1 is 1.33 bits per heavy atom. The lowest BCUT2D eigenvalue weighted by atomic mass is 10.1. The van der Waals surface area contributed by atoms with Crippen LogP contribution in [0.15, 0.2) is 33.3 Å². The molecule has 0 aliphatic rings. The van der Waals surface area contributed by atoms with Gasteiger partial charge in [0.25, 0.3) is 0 Å². The number of benzene rings is 1. The number of anilines is 1. The maximum atomic E-state index is 4.37. The van der Waals surface area contributed by atoms with Crippen molar-refractivity contribution in [1.82, 2.24) is 9.78 Å². The zero-order valence-corrected chi connectivity index (χ0v) is 13.7. The number of aromatic nitrogens is 2. The topological polar surface area (TPSA) is 29.9 Å². The molecular formula is C13H15Br2N3. The minimum atomic E-state index is 0.212. The van der Waals surface area contributed by atoms with Crippen molar-refractivity contribution in [3.8, 4) is 0 Å². The first kappa shape index (κ1) is 13.6. The van der Waals surface area contributed by atoms with Crippen LogP contribution in [-0.2, 0) is 7.05 Å². The van der Waals surface area contributed by atoms with Crippen molar-refractivity contribution < 1.29 is 0 Å².